The van der Waals surface area contributed by atoms with Crippen LogP contribution in [0.5, 0.6) is 0 Å². The molecule has 0 spiro atoms. The van der Waals surface area contributed by atoms with Gasteiger partial charge in [-0.3, -0.25) is 0 Å². The Morgan fingerprint density at radius 1 is 1.08 bits per heavy atom. The Balaban J connectivity index is 1.68. The summed E-state index contributed by atoms with van der Waals surface area (Å²) >= 11 is 0. The fraction of sp³-hybridized carbons (Fsp3) is 0.438. The number of aromatic nitrogens is 2. The largest absolute Gasteiger partial charge is 0.478 e. The van der Waals surface area contributed by atoms with Crippen molar-refractivity contribution in [1.29, 1.82) is 0 Å². The van der Waals surface area contributed by atoms with E-state index < -0.39 is 17.6 Å². The summed E-state index contributed by atoms with van der Waals surface area (Å²) in [7, 11) is 0. The van der Waals surface area contributed by atoms with Crippen LogP contribution >= 0.6 is 0 Å². The van der Waals surface area contributed by atoms with Crippen molar-refractivity contribution in [3.63, 3.8) is 0 Å². The number of aliphatic carboxylic acids is 1. The number of halogens is 2. The molecule has 3 aromatic rings. The van der Waals surface area contributed by atoms with Crippen LogP contribution in [0.25, 0.3) is 22.6 Å². The molecule has 1 aliphatic carbocycles. The number of ether oxygens (including phenoxy) is 1. The summed E-state index contributed by atoms with van der Waals surface area (Å²) in [5, 5.41) is 14.4. The van der Waals surface area contributed by atoms with Crippen LogP contribution < -0.4 is 0 Å². The standard InChI is InChI=1S/C32H36F2N2O3/c1-31(2)16-23(17-32(3,4)19-31)29(30-24(33)13-20(14-25(30)34)8-11-28(37)38)21-9-10-26-22(15-21)18-35-36(26)27-7-5-6-12-39-27/h8-11,13-15,18,27H,5-7,12,16-17,19H2,1-4H3,(H,37,38)/b11-8+. The SMILES string of the molecule is CC1(C)CC(=C(c2ccc3c(cnn3C3CCCCO3)c2)c2c(F)cc(/C=C/C(=O)O)cc2F)CC(C)(C)C1. The summed E-state index contributed by atoms with van der Waals surface area (Å²) < 4.78 is 39.4. The van der Waals surface area contributed by atoms with Gasteiger partial charge >= 0.3 is 5.97 Å². The maximum absolute atomic E-state index is 15.8. The van der Waals surface area contributed by atoms with Gasteiger partial charge in [-0.15, -0.1) is 0 Å². The number of fused-ring (bicyclic) bond motifs is 1. The number of benzene rings is 2. The number of hydrogen-bond donors (Lipinski definition) is 1. The van der Waals surface area contributed by atoms with Crippen molar-refractivity contribution in [2.24, 2.45) is 10.8 Å². The maximum Gasteiger partial charge on any atom is 0.328 e. The molecule has 39 heavy (non-hydrogen) atoms. The monoisotopic (exact) mass is 534 g/mol. The molecular weight excluding hydrogens is 498 g/mol. The van der Waals surface area contributed by atoms with E-state index in [1.165, 1.54) is 18.2 Å². The van der Waals surface area contributed by atoms with E-state index in [2.05, 4.69) is 32.8 Å². The van der Waals surface area contributed by atoms with Gasteiger partial charge in [-0.2, -0.15) is 5.10 Å². The smallest absolute Gasteiger partial charge is 0.328 e. The molecule has 1 aliphatic heterocycles. The molecule has 2 aliphatic rings. The van der Waals surface area contributed by atoms with E-state index in [4.69, 9.17) is 9.84 Å². The van der Waals surface area contributed by atoms with Crippen LogP contribution in [0.1, 0.15) is 89.1 Å². The molecule has 0 bridgehead atoms. The Labute approximate surface area is 228 Å². The molecule has 0 amide bonds. The fourth-order valence-electron chi connectivity index (χ4n) is 6.79. The number of allylic oxidation sites excluding steroid dienone is 1. The Morgan fingerprint density at radius 3 is 2.38 bits per heavy atom. The van der Waals surface area contributed by atoms with Crippen LogP contribution in [0.15, 0.2) is 48.2 Å². The molecule has 2 heterocycles. The molecule has 0 radical (unpaired) electrons. The highest BCUT2D eigenvalue weighted by Gasteiger charge is 2.38. The summed E-state index contributed by atoms with van der Waals surface area (Å²) in [4.78, 5) is 10.9. The van der Waals surface area contributed by atoms with Crippen LogP contribution in [-0.2, 0) is 9.53 Å². The van der Waals surface area contributed by atoms with Gasteiger partial charge in [0.05, 0.1) is 17.3 Å². The molecular formula is C32H36F2N2O3. The van der Waals surface area contributed by atoms with Gasteiger partial charge in [0.15, 0.2) is 6.23 Å². The van der Waals surface area contributed by atoms with Crippen molar-refractivity contribution in [2.45, 2.75) is 72.4 Å². The first-order valence-corrected chi connectivity index (χ1v) is 13.6. The van der Waals surface area contributed by atoms with Crippen molar-refractivity contribution < 1.29 is 23.4 Å². The minimum absolute atomic E-state index is 0.0350. The summed E-state index contributed by atoms with van der Waals surface area (Å²) in [6, 6.07) is 8.27. The van der Waals surface area contributed by atoms with Crippen LogP contribution in [0.2, 0.25) is 0 Å². The first kappa shape index (κ1) is 27.3. The Morgan fingerprint density at radius 2 is 1.77 bits per heavy atom. The number of carboxylic acids is 1. The van der Waals surface area contributed by atoms with Gasteiger partial charge in [-0.25, -0.2) is 18.3 Å². The van der Waals surface area contributed by atoms with E-state index in [1.54, 1.807) is 6.20 Å². The first-order valence-electron chi connectivity index (χ1n) is 13.6. The summed E-state index contributed by atoms with van der Waals surface area (Å²) in [5.41, 5.74) is 3.27. The molecule has 2 aromatic carbocycles. The Kier molecular flexibility index (Phi) is 7.23. The van der Waals surface area contributed by atoms with E-state index in [-0.39, 0.29) is 28.2 Å². The second kappa shape index (κ2) is 10.3. The second-order valence-electron chi connectivity index (χ2n) is 12.6. The third-order valence-electron chi connectivity index (χ3n) is 7.74. The fourth-order valence-corrected chi connectivity index (χ4v) is 6.79. The second-order valence-corrected chi connectivity index (χ2v) is 12.6. The number of hydrogen-bond acceptors (Lipinski definition) is 3. The van der Waals surface area contributed by atoms with E-state index in [1.807, 2.05) is 22.9 Å². The molecule has 2 fully saturated rings. The normalized spacial score (nSPS) is 21.0. The minimum Gasteiger partial charge on any atom is -0.478 e. The molecule has 1 atom stereocenters. The molecule has 1 N–H and O–H groups in total. The zero-order valence-corrected chi connectivity index (χ0v) is 23.1. The highest BCUT2D eigenvalue weighted by molar-refractivity contribution is 5.90. The molecule has 1 aromatic heterocycles. The van der Waals surface area contributed by atoms with Crippen molar-refractivity contribution in [3.05, 3.63) is 76.5 Å². The van der Waals surface area contributed by atoms with Gasteiger partial charge in [0.25, 0.3) is 0 Å². The highest BCUT2D eigenvalue weighted by Crippen LogP contribution is 2.51. The van der Waals surface area contributed by atoms with Crippen molar-refractivity contribution in [1.82, 2.24) is 9.78 Å². The van der Waals surface area contributed by atoms with E-state index in [0.717, 1.165) is 66.6 Å². The lowest BCUT2D eigenvalue weighted by molar-refractivity contribution is -0.131. The predicted octanol–water partition coefficient (Wildman–Crippen LogP) is 8.15. The lowest BCUT2D eigenvalue weighted by atomic mass is 9.62. The Bertz CT molecular complexity index is 1430. The van der Waals surface area contributed by atoms with E-state index in [9.17, 15) is 4.79 Å². The van der Waals surface area contributed by atoms with E-state index >= 15 is 8.78 Å². The van der Waals surface area contributed by atoms with Crippen molar-refractivity contribution in [3.8, 4) is 0 Å². The van der Waals surface area contributed by atoms with Gasteiger partial charge in [0.2, 0.25) is 0 Å². The topological polar surface area (TPSA) is 64.4 Å². The quantitative estimate of drug-likeness (QED) is 0.336. The molecule has 1 saturated heterocycles. The molecule has 1 saturated carbocycles. The number of rotatable bonds is 5. The lowest BCUT2D eigenvalue weighted by Crippen LogP contribution is -2.30. The molecule has 1 unspecified atom stereocenters. The van der Waals surface area contributed by atoms with Gasteiger partial charge < -0.3 is 9.84 Å². The average Bonchev–Trinajstić information content (AvgIpc) is 3.27. The van der Waals surface area contributed by atoms with Crippen LogP contribution in [0.4, 0.5) is 8.78 Å². The van der Waals surface area contributed by atoms with Crippen LogP contribution in [-0.4, -0.2) is 27.5 Å². The van der Waals surface area contributed by atoms with Crippen LogP contribution in [0, 0.1) is 22.5 Å². The third-order valence-corrected chi connectivity index (χ3v) is 7.74. The number of carboxylic acid groups (broad SMARTS) is 1. The Hall–Kier alpha value is -3.32. The van der Waals surface area contributed by atoms with Gasteiger partial charge in [-0.1, -0.05) is 39.3 Å². The number of nitrogens with zero attached hydrogens (tertiary/aromatic N) is 2. The zero-order chi connectivity index (χ0) is 27.9. The summed E-state index contributed by atoms with van der Waals surface area (Å²) in [6.45, 7) is 9.53. The molecule has 206 valence electrons. The summed E-state index contributed by atoms with van der Waals surface area (Å²) in [5.74, 6) is -2.60. The average molecular weight is 535 g/mol. The highest BCUT2D eigenvalue weighted by atomic mass is 19.1. The third kappa shape index (κ3) is 5.83. The van der Waals surface area contributed by atoms with Crippen molar-refractivity contribution in [2.75, 3.05) is 6.61 Å². The number of carbonyl (C=O) groups is 1. The van der Waals surface area contributed by atoms with Gasteiger partial charge in [-0.05, 0) is 96.4 Å². The lowest BCUT2D eigenvalue weighted by Gasteiger charge is -2.43. The minimum atomic E-state index is -1.18. The zero-order valence-electron chi connectivity index (χ0n) is 23.1. The first-order chi connectivity index (χ1) is 18.4. The summed E-state index contributed by atoms with van der Waals surface area (Å²) in [6.07, 6.45) is 9.24. The van der Waals surface area contributed by atoms with E-state index in [0.29, 0.717) is 12.2 Å². The van der Waals surface area contributed by atoms with Crippen molar-refractivity contribution >= 4 is 28.5 Å². The van der Waals surface area contributed by atoms with Crippen LogP contribution in [0.3, 0.4) is 0 Å². The molecule has 7 heteroatoms. The van der Waals surface area contributed by atoms with Gasteiger partial charge in [0, 0.05) is 18.1 Å². The molecule has 5 nitrogen and oxygen atoms in total. The molecule has 5 rings (SSSR count). The predicted molar refractivity (Wildman–Crippen MR) is 149 cm³/mol. The maximum atomic E-state index is 15.8. The van der Waals surface area contributed by atoms with Gasteiger partial charge in [0.1, 0.15) is 11.6 Å².